The number of ether oxygens (including phenoxy) is 3. The van der Waals surface area contributed by atoms with Crippen LogP contribution in [0.25, 0.3) is 0 Å². The first-order valence-corrected chi connectivity index (χ1v) is 11.3. The average Bonchev–Trinajstić information content (AvgIpc) is 2.88. The highest BCUT2D eigenvalue weighted by molar-refractivity contribution is 5.87. The van der Waals surface area contributed by atoms with Gasteiger partial charge in [0.1, 0.15) is 6.61 Å². The van der Waals surface area contributed by atoms with Gasteiger partial charge in [-0.1, -0.05) is 12.1 Å². The number of morpholine rings is 1. The summed E-state index contributed by atoms with van der Waals surface area (Å²) in [6, 6.07) is 20.5. The SMILES string of the molecule is CCOc1cc(C=Nc2ccc(N3CCOCC3)cc2)ccc1OCc1ccc(C(=O)O)cc1. The van der Waals surface area contributed by atoms with Crippen molar-refractivity contribution in [3.63, 3.8) is 0 Å². The van der Waals surface area contributed by atoms with E-state index in [2.05, 4.69) is 22.0 Å². The summed E-state index contributed by atoms with van der Waals surface area (Å²) in [5, 5.41) is 9.02. The van der Waals surface area contributed by atoms with Crippen LogP contribution in [0.15, 0.2) is 71.7 Å². The number of aliphatic imine (C=N–C) groups is 1. The molecule has 1 saturated heterocycles. The van der Waals surface area contributed by atoms with E-state index in [0.717, 1.165) is 43.1 Å². The van der Waals surface area contributed by atoms with Gasteiger partial charge in [0.25, 0.3) is 0 Å². The number of anilines is 1. The van der Waals surface area contributed by atoms with Crippen molar-refractivity contribution >= 4 is 23.6 Å². The second kappa shape index (κ2) is 11.3. The van der Waals surface area contributed by atoms with Crippen molar-refractivity contribution in [3.05, 3.63) is 83.4 Å². The topological polar surface area (TPSA) is 80.6 Å². The third-order valence-electron chi connectivity index (χ3n) is 5.45. The highest BCUT2D eigenvalue weighted by Crippen LogP contribution is 2.29. The molecule has 0 aliphatic carbocycles. The summed E-state index contributed by atoms with van der Waals surface area (Å²) in [5.74, 6) is 0.309. The number of carbonyl (C=O) groups is 1. The fourth-order valence-electron chi connectivity index (χ4n) is 3.62. The van der Waals surface area contributed by atoms with Crippen molar-refractivity contribution in [1.29, 1.82) is 0 Å². The molecule has 3 aromatic carbocycles. The monoisotopic (exact) mass is 460 g/mol. The zero-order valence-corrected chi connectivity index (χ0v) is 19.1. The van der Waals surface area contributed by atoms with Crippen LogP contribution in [0, 0.1) is 0 Å². The molecule has 1 aliphatic rings. The van der Waals surface area contributed by atoms with E-state index in [1.807, 2.05) is 37.3 Å². The van der Waals surface area contributed by atoms with Crippen molar-refractivity contribution in [2.75, 3.05) is 37.8 Å². The fraction of sp³-hybridized carbons (Fsp3) is 0.259. The summed E-state index contributed by atoms with van der Waals surface area (Å²) in [7, 11) is 0. The van der Waals surface area contributed by atoms with E-state index >= 15 is 0 Å². The minimum Gasteiger partial charge on any atom is -0.490 e. The molecule has 7 heteroatoms. The number of hydrogen-bond acceptors (Lipinski definition) is 6. The predicted molar refractivity (Wildman–Crippen MR) is 132 cm³/mol. The summed E-state index contributed by atoms with van der Waals surface area (Å²) in [4.78, 5) is 17.9. The maximum atomic E-state index is 11.0. The van der Waals surface area contributed by atoms with Crippen LogP contribution in [0.4, 0.5) is 11.4 Å². The zero-order valence-electron chi connectivity index (χ0n) is 19.1. The zero-order chi connectivity index (χ0) is 23.8. The minimum atomic E-state index is -0.948. The van der Waals surface area contributed by atoms with Crippen molar-refractivity contribution in [2.45, 2.75) is 13.5 Å². The van der Waals surface area contributed by atoms with Gasteiger partial charge in [0.15, 0.2) is 11.5 Å². The Labute approximate surface area is 199 Å². The Morgan fingerprint density at radius 3 is 2.41 bits per heavy atom. The first kappa shape index (κ1) is 23.3. The minimum absolute atomic E-state index is 0.248. The molecule has 0 spiro atoms. The fourth-order valence-corrected chi connectivity index (χ4v) is 3.62. The highest BCUT2D eigenvalue weighted by atomic mass is 16.5. The summed E-state index contributed by atoms with van der Waals surface area (Å²) in [6.07, 6.45) is 1.81. The molecular formula is C27H28N2O5. The third-order valence-corrected chi connectivity index (χ3v) is 5.45. The highest BCUT2D eigenvalue weighted by Gasteiger charge is 2.11. The number of nitrogens with zero attached hydrogens (tertiary/aromatic N) is 2. The second-order valence-corrected chi connectivity index (χ2v) is 7.80. The molecule has 0 bridgehead atoms. The van der Waals surface area contributed by atoms with E-state index in [1.165, 1.54) is 5.69 Å². The van der Waals surface area contributed by atoms with Gasteiger partial charge in [-0.3, -0.25) is 4.99 Å². The Bertz CT molecular complexity index is 1120. The summed E-state index contributed by atoms with van der Waals surface area (Å²) < 4.78 is 17.1. The van der Waals surface area contributed by atoms with Crippen LogP contribution in [-0.2, 0) is 11.3 Å². The summed E-state index contributed by atoms with van der Waals surface area (Å²) >= 11 is 0. The molecule has 0 unspecified atom stereocenters. The standard InChI is InChI=1S/C27H28N2O5/c1-2-33-26-17-21(5-12-25(26)34-19-20-3-6-22(7-4-20)27(30)31)18-28-23-8-10-24(11-9-23)29-13-15-32-16-14-29/h3-12,17-18H,2,13-16,19H2,1H3,(H,30,31). The second-order valence-electron chi connectivity index (χ2n) is 7.80. The number of hydrogen-bond donors (Lipinski definition) is 1. The van der Waals surface area contributed by atoms with Crippen LogP contribution in [-0.4, -0.2) is 50.2 Å². The van der Waals surface area contributed by atoms with E-state index in [4.69, 9.17) is 19.3 Å². The van der Waals surface area contributed by atoms with Gasteiger partial charge in [-0.25, -0.2) is 4.79 Å². The molecule has 0 radical (unpaired) electrons. The van der Waals surface area contributed by atoms with Crippen molar-refractivity contribution < 1.29 is 24.1 Å². The smallest absolute Gasteiger partial charge is 0.335 e. The number of aromatic carboxylic acids is 1. The van der Waals surface area contributed by atoms with E-state index in [9.17, 15) is 4.79 Å². The van der Waals surface area contributed by atoms with Crippen molar-refractivity contribution in [2.24, 2.45) is 4.99 Å². The molecule has 0 amide bonds. The van der Waals surface area contributed by atoms with E-state index < -0.39 is 5.97 Å². The van der Waals surface area contributed by atoms with E-state index in [0.29, 0.717) is 24.7 Å². The Kier molecular flexibility index (Phi) is 7.78. The van der Waals surface area contributed by atoms with Crippen LogP contribution in [0.3, 0.4) is 0 Å². The largest absolute Gasteiger partial charge is 0.490 e. The number of rotatable bonds is 9. The van der Waals surface area contributed by atoms with Crippen LogP contribution in [0.1, 0.15) is 28.4 Å². The molecule has 0 aromatic heterocycles. The lowest BCUT2D eigenvalue weighted by Crippen LogP contribution is -2.36. The number of benzene rings is 3. The van der Waals surface area contributed by atoms with Gasteiger partial charge in [0.2, 0.25) is 0 Å². The molecule has 1 N–H and O–H groups in total. The van der Waals surface area contributed by atoms with Gasteiger partial charge in [0.05, 0.1) is 31.1 Å². The molecule has 0 saturated carbocycles. The molecule has 1 fully saturated rings. The maximum absolute atomic E-state index is 11.0. The van der Waals surface area contributed by atoms with E-state index in [1.54, 1.807) is 30.5 Å². The Hall–Kier alpha value is -3.84. The lowest BCUT2D eigenvalue weighted by Gasteiger charge is -2.28. The molecule has 0 atom stereocenters. The van der Waals surface area contributed by atoms with Gasteiger partial charge in [-0.05, 0) is 72.6 Å². The molecule has 4 rings (SSSR count). The Balaban J connectivity index is 1.41. The summed E-state index contributed by atoms with van der Waals surface area (Å²) in [6.45, 7) is 6.08. The molecule has 1 heterocycles. The molecule has 1 aliphatic heterocycles. The maximum Gasteiger partial charge on any atom is 0.335 e. The number of carboxylic acids is 1. The first-order valence-electron chi connectivity index (χ1n) is 11.3. The molecule has 3 aromatic rings. The number of carboxylic acid groups (broad SMARTS) is 1. The van der Waals surface area contributed by atoms with Crippen LogP contribution < -0.4 is 14.4 Å². The van der Waals surface area contributed by atoms with Gasteiger partial charge in [0, 0.05) is 25.0 Å². The van der Waals surface area contributed by atoms with Gasteiger partial charge >= 0.3 is 5.97 Å². The summed E-state index contributed by atoms with van der Waals surface area (Å²) in [5.41, 5.74) is 4.08. The quantitative estimate of drug-likeness (QED) is 0.455. The van der Waals surface area contributed by atoms with Crippen molar-refractivity contribution in [3.8, 4) is 11.5 Å². The third kappa shape index (κ3) is 6.14. The lowest BCUT2D eigenvalue weighted by atomic mass is 10.1. The van der Waals surface area contributed by atoms with Crippen LogP contribution in [0.2, 0.25) is 0 Å². The Morgan fingerprint density at radius 1 is 1.00 bits per heavy atom. The predicted octanol–water partition coefficient (Wildman–Crippen LogP) is 4.95. The molecule has 176 valence electrons. The van der Waals surface area contributed by atoms with Gasteiger partial charge < -0.3 is 24.2 Å². The Morgan fingerprint density at radius 2 is 1.74 bits per heavy atom. The van der Waals surface area contributed by atoms with E-state index in [-0.39, 0.29) is 5.56 Å². The lowest BCUT2D eigenvalue weighted by molar-refractivity contribution is 0.0697. The van der Waals surface area contributed by atoms with Crippen LogP contribution in [0.5, 0.6) is 11.5 Å². The normalized spacial score (nSPS) is 13.7. The van der Waals surface area contributed by atoms with Gasteiger partial charge in [-0.15, -0.1) is 0 Å². The van der Waals surface area contributed by atoms with Crippen LogP contribution >= 0.6 is 0 Å². The first-order chi connectivity index (χ1) is 16.6. The molecule has 34 heavy (non-hydrogen) atoms. The molecular weight excluding hydrogens is 432 g/mol. The average molecular weight is 461 g/mol. The van der Waals surface area contributed by atoms with Gasteiger partial charge in [-0.2, -0.15) is 0 Å². The van der Waals surface area contributed by atoms with Crippen molar-refractivity contribution in [1.82, 2.24) is 0 Å². The molecule has 7 nitrogen and oxygen atoms in total.